The predicted octanol–water partition coefficient (Wildman–Crippen LogP) is 2.06. The zero-order valence-corrected chi connectivity index (χ0v) is 13.2. The van der Waals surface area contributed by atoms with Crippen LogP contribution < -0.4 is 9.80 Å². The van der Waals surface area contributed by atoms with E-state index in [2.05, 4.69) is 43.5 Å². The van der Waals surface area contributed by atoms with Crippen molar-refractivity contribution in [1.82, 2.24) is 15.2 Å². The van der Waals surface area contributed by atoms with Crippen LogP contribution in [0.1, 0.15) is 23.4 Å². The molecule has 0 aromatic carbocycles. The number of aryl methyl sites for hydroxylation is 3. The first kappa shape index (κ1) is 13.0. The predicted molar refractivity (Wildman–Crippen MR) is 85.3 cm³/mol. The summed E-state index contributed by atoms with van der Waals surface area (Å²) in [6, 6.07) is 2.75. The summed E-state index contributed by atoms with van der Waals surface area (Å²) in [6.45, 7) is 4.05. The first-order valence-electron chi connectivity index (χ1n) is 7.46. The molecule has 0 amide bonds. The molecule has 0 bridgehead atoms. The van der Waals surface area contributed by atoms with Gasteiger partial charge in [0, 0.05) is 25.5 Å². The Morgan fingerprint density at radius 2 is 2.14 bits per heavy atom. The Morgan fingerprint density at radius 1 is 1.29 bits per heavy atom. The van der Waals surface area contributed by atoms with E-state index in [1.807, 2.05) is 6.92 Å². The molecule has 1 saturated heterocycles. The van der Waals surface area contributed by atoms with Crippen molar-refractivity contribution in [3.05, 3.63) is 28.4 Å². The van der Waals surface area contributed by atoms with Gasteiger partial charge in [-0.2, -0.15) is 5.10 Å². The van der Waals surface area contributed by atoms with Gasteiger partial charge in [0.2, 0.25) is 0 Å². The number of likely N-dealkylation sites (N-methyl/N-ethyl adjacent to an activating group) is 1. The highest BCUT2D eigenvalue weighted by atomic mass is 32.1. The summed E-state index contributed by atoms with van der Waals surface area (Å²) < 4.78 is 0. The van der Waals surface area contributed by atoms with Crippen LogP contribution in [0.15, 0.2) is 11.4 Å². The van der Waals surface area contributed by atoms with Gasteiger partial charge >= 0.3 is 0 Å². The van der Waals surface area contributed by atoms with Crippen LogP contribution in [0.5, 0.6) is 0 Å². The van der Waals surface area contributed by atoms with Gasteiger partial charge in [0.05, 0.1) is 17.4 Å². The zero-order valence-electron chi connectivity index (χ0n) is 12.4. The van der Waals surface area contributed by atoms with Gasteiger partial charge in [-0.25, -0.2) is 4.98 Å². The molecule has 4 rings (SSSR count). The van der Waals surface area contributed by atoms with E-state index in [-0.39, 0.29) is 0 Å². The van der Waals surface area contributed by atoms with Crippen molar-refractivity contribution in [3.63, 3.8) is 0 Å². The molecule has 5 nitrogen and oxygen atoms in total. The topological polar surface area (TPSA) is 45.2 Å². The number of aromatic nitrogens is 3. The van der Waals surface area contributed by atoms with E-state index in [4.69, 9.17) is 0 Å². The van der Waals surface area contributed by atoms with Crippen molar-refractivity contribution < 1.29 is 0 Å². The monoisotopic (exact) mass is 301 g/mol. The number of hydrogen-bond acceptors (Lipinski definition) is 6. The Bertz CT molecular complexity index is 662. The molecular weight excluding hydrogens is 282 g/mol. The molecular formula is C15H19N5S. The van der Waals surface area contributed by atoms with Gasteiger partial charge in [-0.05, 0) is 37.8 Å². The maximum Gasteiger partial charge on any atom is 0.185 e. The van der Waals surface area contributed by atoms with Crippen LogP contribution in [0.4, 0.5) is 10.9 Å². The number of fused-ring (bicyclic) bond motifs is 1. The average molecular weight is 301 g/mol. The maximum absolute atomic E-state index is 4.56. The third kappa shape index (κ3) is 2.27. The lowest BCUT2D eigenvalue weighted by molar-refractivity contribution is 0.489. The van der Waals surface area contributed by atoms with E-state index in [0.29, 0.717) is 6.04 Å². The number of anilines is 2. The summed E-state index contributed by atoms with van der Waals surface area (Å²) >= 11 is 1.72. The minimum Gasteiger partial charge on any atom is -0.351 e. The summed E-state index contributed by atoms with van der Waals surface area (Å²) in [5, 5.41) is 12.0. The highest BCUT2D eigenvalue weighted by molar-refractivity contribution is 7.13. The lowest BCUT2D eigenvalue weighted by atomic mass is 10.1. The molecule has 21 heavy (non-hydrogen) atoms. The third-order valence-electron chi connectivity index (χ3n) is 4.45. The molecule has 110 valence electrons. The van der Waals surface area contributed by atoms with Gasteiger partial charge in [-0.1, -0.05) is 0 Å². The van der Waals surface area contributed by atoms with Crippen LogP contribution >= 0.6 is 11.3 Å². The van der Waals surface area contributed by atoms with E-state index < -0.39 is 0 Å². The van der Waals surface area contributed by atoms with E-state index in [1.54, 1.807) is 11.3 Å². The molecule has 2 aliphatic rings. The molecule has 0 unspecified atom stereocenters. The van der Waals surface area contributed by atoms with Crippen LogP contribution in [0, 0.1) is 6.92 Å². The molecule has 3 heterocycles. The fourth-order valence-electron chi connectivity index (χ4n) is 3.02. The van der Waals surface area contributed by atoms with E-state index in [1.165, 1.54) is 17.7 Å². The van der Waals surface area contributed by atoms with Crippen molar-refractivity contribution in [1.29, 1.82) is 0 Å². The second-order valence-electron chi connectivity index (χ2n) is 5.97. The Labute approximate surface area is 128 Å². The Kier molecular flexibility index (Phi) is 3.06. The summed E-state index contributed by atoms with van der Waals surface area (Å²) in [5.41, 5.74) is 3.70. The fourth-order valence-corrected chi connectivity index (χ4v) is 3.86. The summed E-state index contributed by atoms with van der Waals surface area (Å²) in [5.74, 6) is 1.04. The van der Waals surface area contributed by atoms with Crippen molar-refractivity contribution in [3.8, 4) is 0 Å². The lowest BCUT2D eigenvalue weighted by Gasteiger charge is -2.44. The van der Waals surface area contributed by atoms with Crippen LogP contribution in [0.2, 0.25) is 0 Å². The van der Waals surface area contributed by atoms with E-state index in [0.717, 1.165) is 42.6 Å². The molecule has 1 aliphatic carbocycles. The number of nitrogens with zero attached hydrogens (tertiary/aromatic N) is 5. The molecule has 6 heteroatoms. The van der Waals surface area contributed by atoms with Crippen LogP contribution in [0.3, 0.4) is 0 Å². The molecule has 1 fully saturated rings. The fraction of sp³-hybridized carbons (Fsp3) is 0.533. The Balaban J connectivity index is 1.43. The van der Waals surface area contributed by atoms with Gasteiger partial charge in [-0.3, -0.25) is 0 Å². The molecule has 0 N–H and O–H groups in total. The first-order chi connectivity index (χ1) is 10.2. The highest BCUT2D eigenvalue weighted by Crippen LogP contribution is 2.29. The summed E-state index contributed by atoms with van der Waals surface area (Å²) in [4.78, 5) is 9.16. The quantitative estimate of drug-likeness (QED) is 0.868. The smallest absolute Gasteiger partial charge is 0.185 e. The first-order valence-corrected chi connectivity index (χ1v) is 8.34. The van der Waals surface area contributed by atoms with Crippen molar-refractivity contribution >= 4 is 22.3 Å². The van der Waals surface area contributed by atoms with Gasteiger partial charge in [0.15, 0.2) is 10.9 Å². The number of thiazole rings is 1. The number of hydrogen-bond donors (Lipinski definition) is 0. The van der Waals surface area contributed by atoms with E-state index >= 15 is 0 Å². The second-order valence-corrected chi connectivity index (χ2v) is 6.81. The van der Waals surface area contributed by atoms with Crippen molar-refractivity contribution in [2.24, 2.45) is 0 Å². The van der Waals surface area contributed by atoms with Crippen molar-refractivity contribution in [2.75, 3.05) is 29.9 Å². The molecule has 0 radical (unpaired) electrons. The standard InChI is InChI=1S/C15H19N5S/c1-10-9-21-15(16-10)19(2)12-7-20(8-12)14-6-11-4-3-5-13(11)17-18-14/h6,9,12H,3-5,7-8H2,1-2H3. The Hall–Kier alpha value is -1.69. The largest absolute Gasteiger partial charge is 0.351 e. The van der Waals surface area contributed by atoms with Crippen LogP contribution in [0.25, 0.3) is 0 Å². The molecule has 0 saturated carbocycles. The molecule has 0 atom stereocenters. The lowest BCUT2D eigenvalue weighted by Crippen LogP contribution is -2.59. The van der Waals surface area contributed by atoms with Crippen LogP contribution in [-0.4, -0.2) is 41.4 Å². The van der Waals surface area contributed by atoms with Crippen molar-refractivity contribution in [2.45, 2.75) is 32.2 Å². The average Bonchev–Trinajstić information content (AvgIpc) is 3.04. The minimum atomic E-state index is 0.519. The Morgan fingerprint density at radius 3 is 2.90 bits per heavy atom. The van der Waals surface area contributed by atoms with Gasteiger partial charge in [0.1, 0.15) is 0 Å². The van der Waals surface area contributed by atoms with E-state index in [9.17, 15) is 0 Å². The maximum atomic E-state index is 4.56. The minimum absolute atomic E-state index is 0.519. The summed E-state index contributed by atoms with van der Waals surface area (Å²) in [6.07, 6.45) is 3.48. The normalized spacial score (nSPS) is 17.7. The molecule has 0 spiro atoms. The van der Waals surface area contributed by atoms with Gasteiger partial charge in [-0.15, -0.1) is 16.4 Å². The van der Waals surface area contributed by atoms with Gasteiger partial charge < -0.3 is 9.80 Å². The SMILES string of the molecule is Cc1csc(N(C)C2CN(c3cc4c(nn3)CCC4)C2)n1. The second kappa shape index (κ2) is 4.94. The number of rotatable bonds is 3. The highest BCUT2D eigenvalue weighted by Gasteiger charge is 2.32. The summed E-state index contributed by atoms with van der Waals surface area (Å²) in [7, 11) is 2.13. The molecule has 1 aliphatic heterocycles. The van der Waals surface area contributed by atoms with Crippen LogP contribution in [-0.2, 0) is 12.8 Å². The molecule has 2 aromatic rings. The van der Waals surface area contributed by atoms with Gasteiger partial charge in [0.25, 0.3) is 0 Å². The molecule has 2 aromatic heterocycles. The zero-order chi connectivity index (χ0) is 14.4. The third-order valence-corrected chi connectivity index (χ3v) is 5.50.